The summed E-state index contributed by atoms with van der Waals surface area (Å²) < 4.78 is 11.1. The van der Waals surface area contributed by atoms with Gasteiger partial charge in [-0.3, -0.25) is 0 Å². The molecule has 0 aliphatic rings. The molecule has 0 aliphatic carbocycles. The summed E-state index contributed by atoms with van der Waals surface area (Å²) >= 11 is 1.70. The predicted octanol–water partition coefficient (Wildman–Crippen LogP) is 3.27. The van der Waals surface area contributed by atoms with Crippen molar-refractivity contribution in [2.45, 2.75) is 32.9 Å². The van der Waals surface area contributed by atoms with Crippen LogP contribution < -0.4 is 14.8 Å². The van der Waals surface area contributed by atoms with Crippen LogP contribution in [0.1, 0.15) is 24.4 Å². The van der Waals surface area contributed by atoms with Crippen LogP contribution in [0.5, 0.6) is 11.5 Å². The van der Waals surface area contributed by atoms with E-state index in [-0.39, 0.29) is 6.10 Å². The molecule has 0 saturated heterocycles. The van der Waals surface area contributed by atoms with E-state index in [0.29, 0.717) is 0 Å². The molecule has 0 unspecified atom stereocenters. The minimum absolute atomic E-state index is 0.140. The van der Waals surface area contributed by atoms with Crippen molar-refractivity contribution in [3.8, 4) is 11.5 Å². The molecule has 0 bridgehead atoms. The summed E-state index contributed by atoms with van der Waals surface area (Å²) in [7, 11) is 1.67. The Bertz CT molecular complexity index is 541. The molecule has 2 rings (SSSR count). The molecule has 0 atom stereocenters. The molecule has 0 aliphatic heterocycles. The number of hydrogen-bond acceptors (Lipinski definition) is 5. The summed E-state index contributed by atoms with van der Waals surface area (Å²) in [5, 5.41) is 6.60. The molecule has 1 heterocycles. The average molecular weight is 306 g/mol. The number of methoxy groups -OCH3 is 1. The number of aromatic nitrogens is 1. The van der Waals surface area contributed by atoms with E-state index < -0.39 is 0 Å². The lowest BCUT2D eigenvalue weighted by Crippen LogP contribution is -2.16. The van der Waals surface area contributed by atoms with E-state index in [9.17, 15) is 0 Å². The molecule has 0 saturated carbocycles. The summed E-state index contributed by atoms with van der Waals surface area (Å²) in [4.78, 5) is 4.27. The van der Waals surface area contributed by atoms with E-state index in [0.717, 1.165) is 31.0 Å². The number of ether oxygens (including phenoxy) is 2. The number of benzene rings is 1. The van der Waals surface area contributed by atoms with Gasteiger partial charge in [0.15, 0.2) is 11.5 Å². The van der Waals surface area contributed by atoms with Crippen LogP contribution in [0, 0.1) is 0 Å². The fraction of sp³-hybridized carbons (Fsp3) is 0.438. The molecule has 5 heteroatoms. The Morgan fingerprint density at radius 3 is 2.81 bits per heavy atom. The normalized spacial score (nSPS) is 10.9. The minimum Gasteiger partial charge on any atom is -0.493 e. The van der Waals surface area contributed by atoms with Gasteiger partial charge in [-0.05, 0) is 31.5 Å². The Labute approximate surface area is 130 Å². The Hall–Kier alpha value is -1.59. The summed E-state index contributed by atoms with van der Waals surface area (Å²) in [6.45, 7) is 5.74. The van der Waals surface area contributed by atoms with Gasteiger partial charge in [-0.2, -0.15) is 0 Å². The standard InChI is InChI=1S/C16H22N2O2S/c1-12(2)20-14-5-4-13(10-15(14)19-3)11-17-7-6-16-18-8-9-21-16/h4-5,8-10,12,17H,6-7,11H2,1-3H3. The van der Waals surface area contributed by atoms with Crippen molar-refractivity contribution in [3.05, 3.63) is 40.3 Å². The van der Waals surface area contributed by atoms with E-state index in [1.807, 2.05) is 37.6 Å². The van der Waals surface area contributed by atoms with E-state index in [1.54, 1.807) is 18.4 Å². The SMILES string of the molecule is COc1cc(CNCCc2nccs2)ccc1OC(C)C. The van der Waals surface area contributed by atoms with E-state index in [4.69, 9.17) is 9.47 Å². The van der Waals surface area contributed by atoms with Crippen LogP contribution in [-0.2, 0) is 13.0 Å². The quantitative estimate of drug-likeness (QED) is 0.760. The van der Waals surface area contributed by atoms with Crippen molar-refractivity contribution in [3.63, 3.8) is 0 Å². The topological polar surface area (TPSA) is 43.4 Å². The van der Waals surface area contributed by atoms with Crippen LogP contribution >= 0.6 is 11.3 Å². The second-order valence-electron chi connectivity index (χ2n) is 5.00. The van der Waals surface area contributed by atoms with Gasteiger partial charge in [-0.1, -0.05) is 6.07 Å². The molecule has 0 radical (unpaired) electrons. The first kappa shape index (κ1) is 15.8. The van der Waals surface area contributed by atoms with Crippen LogP contribution in [0.4, 0.5) is 0 Å². The summed E-state index contributed by atoms with van der Waals surface area (Å²) in [6.07, 6.45) is 2.95. The zero-order valence-corrected chi connectivity index (χ0v) is 13.6. The largest absolute Gasteiger partial charge is 0.493 e. The van der Waals surface area contributed by atoms with Gasteiger partial charge in [-0.15, -0.1) is 11.3 Å². The number of hydrogen-bond donors (Lipinski definition) is 1. The lowest BCUT2D eigenvalue weighted by Gasteiger charge is -2.14. The molecule has 21 heavy (non-hydrogen) atoms. The monoisotopic (exact) mass is 306 g/mol. The maximum absolute atomic E-state index is 5.71. The van der Waals surface area contributed by atoms with Gasteiger partial charge in [0, 0.05) is 31.1 Å². The second-order valence-corrected chi connectivity index (χ2v) is 5.98. The van der Waals surface area contributed by atoms with Crippen molar-refractivity contribution in [2.75, 3.05) is 13.7 Å². The average Bonchev–Trinajstić information content (AvgIpc) is 2.97. The predicted molar refractivity (Wildman–Crippen MR) is 86.3 cm³/mol. The molecule has 2 aromatic rings. The number of nitrogens with zero attached hydrogens (tertiary/aromatic N) is 1. The van der Waals surface area contributed by atoms with Crippen molar-refractivity contribution < 1.29 is 9.47 Å². The van der Waals surface area contributed by atoms with Crippen molar-refractivity contribution in [2.24, 2.45) is 0 Å². The molecule has 0 spiro atoms. The van der Waals surface area contributed by atoms with E-state index in [2.05, 4.69) is 16.4 Å². The fourth-order valence-electron chi connectivity index (χ4n) is 1.98. The Morgan fingerprint density at radius 1 is 1.29 bits per heavy atom. The van der Waals surface area contributed by atoms with Gasteiger partial charge < -0.3 is 14.8 Å². The first-order valence-electron chi connectivity index (χ1n) is 7.11. The third-order valence-corrected chi connectivity index (χ3v) is 3.76. The van der Waals surface area contributed by atoms with Gasteiger partial charge in [-0.25, -0.2) is 4.98 Å². The van der Waals surface area contributed by atoms with Gasteiger partial charge in [0.2, 0.25) is 0 Å². The van der Waals surface area contributed by atoms with Gasteiger partial charge in [0.05, 0.1) is 18.2 Å². The van der Waals surface area contributed by atoms with Gasteiger partial charge >= 0.3 is 0 Å². The Morgan fingerprint density at radius 2 is 2.14 bits per heavy atom. The lowest BCUT2D eigenvalue weighted by atomic mass is 10.2. The highest BCUT2D eigenvalue weighted by atomic mass is 32.1. The molecule has 1 N–H and O–H groups in total. The molecular weight excluding hydrogens is 284 g/mol. The summed E-state index contributed by atoms with van der Waals surface area (Å²) in [5.74, 6) is 1.57. The van der Waals surface area contributed by atoms with Crippen molar-refractivity contribution in [1.82, 2.24) is 10.3 Å². The van der Waals surface area contributed by atoms with E-state index >= 15 is 0 Å². The highest BCUT2D eigenvalue weighted by molar-refractivity contribution is 7.09. The van der Waals surface area contributed by atoms with Crippen LogP contribution in [0.2, 0.25) is 0 Å². The van der Waals surface area contributed by atoms with Crippen LogP contribution in [0.25, 0.3) is 0 Å². The Kier molecular flexibility index (Phi) is 6.02. The first-order chi connectivity index (χ1) is 10.2. The Balaban J connectivity index is 1.85. The molecule has 114 valence electrons. The maximum atomic E-state index is 5.71. The van der Waals surface area contributed by atoms with Crippen molar-refractivity contribution in [1.29, 1.82) is 0 Å². The molecule has 4 nitrogen and oxygen atoms in total. The van der Waals surface area contributed by atoms with Crippen LogP contribution in [0.3, 0.4) is 0 Å². The lowest BCUT2D eigenvalue weighted by molar-refractivity contribution is 0.230. The van der Waals surface area contributed by atoms with Crippen LogP contribution in [0.15, 0.2) is 29.8 Å². The molecule has 1 aromatic carbocycles. The zero-order valence-electron chi connectivity index (χ0n) is 12.8. The minimum atomic E-state index is 0.140. The summed E-state index contributed by atoms with van der Waals surface area (Å²) in [5.41, 5.74) is 1.18. The number of rotatable bonds is 8. The maximum Gasteiger partial charge on any atom is 0.161 e. The first-order valence-corrected chi connectivity index (χ1v) is 7.99. The molecule has 0 fully saturated rings. The zero-order chi connectivity index (χ0) is 15.1. The summed E-state index contributed by atoms with van der Waals surface area (Å²) in [6, 6.07) is 6.06. The third kappa shape index (κ3) is 5.02. The second kappa shape index (κ2) is 8.00. The highest BCUT2D eigenvalue weighted by Crippen LogP contribution is 2.28. The van der Waals surface area contributed by atoms with E-state index in [1.165, 1.54) is 10.6 Å². The van der Waals surface area contributed by atoms with Crippen LogP contribution in [-0.4, -0.2) is 24.7 Å². The number of thiazole rings is 1. The van der Waals surface area contributed by atoms with Crippen molar-refractivity contribution >= 4 is 11.3 Å². The number of nitrogens with one attached hydrogen (secondary N) is 1. The molecule has 0 amide bonds. The van der Waals surface area contributed by atoms with Gasteiger partial charge in [0.1, 0.15) is 0 Å². The smallest absolute Gasteiger partial charge is 0.161 e. The highest BCUT2D eigenvalue weighted by Gasteiger charge is 2.07. The fourth-order valence-corrected chi connectivity index (χ4v) is 2.60. The molecular formula is C16H22N2O2S. The molecule has 1 aromatic heterocycles. The third-order valence-electron chi connectivity index (χ3n) is 2.92. The van der Waals surface area contributed by atoms with Gasteiger partial charge in [0.25, 0.3) is 0 Å².